The van der Waals surface area contributed by atoms with E-state index < -0.39 is 10.0 Å². The van der Waals surface area contributed by atoms with E-state index in [9.17, 15) is 8.42 Å². The van der Waals surface area contributed by atoms with Gasteiger partial charge in [0.2, 0.25) is 10.0 Å². The van der Waals surface area contributed by atoms with E-state index in [1.165, 1.54) is 6.26 Å². The van der Waals surface area contributed by atoms with Crippen molar-refractivity contribution in [2.45, 2.75) is 24.7 Å². The van der Waals surface area contributed by atoms with Crippen LogP contribution in [0.2, 0.25) is 0 Å². The Balaban J connectivity index is 1.94. The van der Waals surface area contributed by atoms with Crippen LogP contribution in [0.25, 0.3) is 0 Å². The fourth-order valence-electron chi connectivity index (χ4n) is 2.47. The fraction of sp³-hybridized carbons (Fsp3) is 0.571. The van der Waals surface area contributed by atoms with E-state index >= 15 is 0 Å². The number of aryl methyl sites for hydroxylation is 1. The molecule has 0 aromatic heterocycles. The molecular formula is C14H22N2O2S2. The van der Waals surface area contributed by atoms with Crippen molar-refractivity contribution < 1.29 is 8.42 Å². The van der Waals surface area contributed by atoms with E-state index in [-0.39, 0.29) is 0 Å². The lowest BCUT2D eigenvalue weighted by molar-refractivity contribution is 0.286. The summed E-state index contributed by atoms with van der Waals surface area (Å²) >= 11 is 1.73. The van der Waals surface area contributed by atoms with E-state index in [0.717, 1.165) is 34.7 Å². The third-order valence-corrected chi connectivity index (χ3v) is 6.18. The van der Waals surface area contributed by atoms with E-state index in [1.54, 1.807) is 16.1 Å². The number of thioether (sulfide) groups is 1. The maximum absolute atomic E-state index is 11.6. The average molecular weight is 314 g/mol. The molecular weight excluding hydrogens is 292 g/mol. The summed E-state index contributed by atoms with van der Waals surface area (Å²) in [6.07, 6.45) is 3.33. The monoisotopic (exact) mass is 314 g/mol. The summed E-state index contributed by atoms with van der Waals surface area (Å²) in [6.45, 7) is 3.32. The highest BCUT2D eigenvalue weighted by molar-refractivity contribution is 7.99. The summed E-state index contributed by atoms with van der Waals surface area (Å²) in [5, 5.41) is 0. The molecule has 1 heterocycles. The van der Waals surface area contributed by atoms with Gasteiger partial charge in [-0.25, -0.2) is 12.7 Å². The molecule has 112 valence electrons. The number of nitrogen functional groups attached to an aromatic ring is 1. The van der Waals surface area contributed by atoms with Gasteiger partial charge in [0.15, 0.2) is 0 Å². The van der Waals surface area contributed by atoms with Crippen molar-refractivity contribution in [3.63, 3.8) is 0 Å². The molecule has 2 rings (SSSR count). The molecule has 0 radical (unpaired) electrons. The summed E-state index contributed by atoms with van der Waals surface area (Å²) in [5.41, 5.74) is 7.98. The average Bonchev–Trinajstić information content (AvgIpc) is 2.37. The molecule has 0 aliphatic carbocycles. The van der Waals surface area contributed by atoms with Gasteiger partial charge in [-0.2, -0.15) is 0 Å². The molecule has 1 aromatic rings. The molecule has 0 saturated carbocycles. The zero-order valence-corrected chi connectivity index (χ0v) is 13.6. The van der Waals surface area contributed by atoms with Crippen molar-refractivity contribution in [3.05, 3.63) is 23.8 Å². The number of rotatable bonds is 4. The smallest absolute Gasteiger partial charge is 0.211 e. The van der Waals surface area contributed by atoms with Gasteiger partial charge in [-0.05, 0) is 43.4 Å². The van der Waals surface area contributed by atoms with Crippen LogP contribution in [0.15, 0.2) is 23.1 Å². The largest absolute Gasteiger partial charge is 0.398 e. The van der Waals surface area contributed by atoms with Crippen LogP contribution < -0.4 is 5.73 Å². The van der Waals surface area contributed by atoms with Gasteiger partial charge in [0.25, 0.3) is 0 Å². The van der Waals surface area contributed by atoms with Crippen LogP contribution in [0.4, 0.5) is 5.69 Å². The minimum absolute atomic E-state index is 0.407. The number of nitrogens with two attached hydrogens (primary N) is 1. The van der Waals surface area contributed by atoms with E-state index in [2.05, 4.69) is 6.07 Å². The minimum atomic E-state index is -3.06. The van der Waals surface area contributed by atoms with Crippen LogP contribution in [-0.2, 0) is 10.0 Å². The Morgan fingerprint density at radius 2 is 2.20 bits per heavy atom. The quantitative estimate of drug-likeness (QED) is 0.684. The Bertz CT molecular complexity index is 573. The van der Waals surface area contributed by atoms with Crippen molar-refractivity contribution in [1.29, 1.82) is 0 Å². The first kappa shape index (κ1) is 15.7. The number of piperidine rings is 1. The van der Waals surface area contributed by atoms with Gasteiger partial charge in [0.1, 0.15) is 0 Å². The van der Waals surface area contributed by atoms with Crippen LogP contribution in [-0.4, -0.2) is 37.8 Å². The molecule has 1 aliphatic rings. The van der Waals surface area contributed by atoms with Gasteiger partial charge >= 0.3 is 0 Å². The second-order valence-corrected chi connectivity index (χ2v) is 8.53. The van der Waals surface area contributed by atoms with Crippen molar-refractivity contribution >= 4 is 27.5 Å². The van der Waals surface area contributed by atoms with Crippen molar-refractivity contribution in [1.82, 2.24) is 4.31 Å². The van der Waals surface area contributed by atoms with E-state index in [0.29, 0.717) is 19.0 Å². The number of benzene rings is 1. The Morgan fingerprint density at radius 3 is 2.85 bits per heavy atom. The zero-order chi connectivity index (χ0) is 14.8. The Morgan fingerprint density at radius 1 is 1.45 bits per heavy atom. The van der Waals surface area contributed by atoms with Gasteiger partial charge in [-0.15, -0.1) is 11.8 Å². The minimum Gasteiger partial charge on any atom is -0.398 e. The van der Waals surface area contributed by atoms with Gasteiger partial charge in [0.05, 0.1) is 6.26 Å². The highest BCUT2D eigenvalue weighted by Crippen LogP contribution is 2.30. The number of anilines is 1. The number of hydrogen-bond acceptors (Lipinski definition) is 4. The fourth-order valence-corrected chi connectivity index (χ4v) is 4.49. The van der Waals surface area contributed by atoms with Crippen LogP contribution in [0.5, 0.6) is 0 Å². The van der Waals surface area contributed by atoms with Crippen molar-refractivity contribution in [3.8, 4) is 0 Å². The first-order valence-corrected chi connectivity index (χ1v) is 9.63. The molecule has 1 unspecified atom stereocenters. The molecule has 2 N–H and O–H groups in total. The molecule has 1 aromatic carbocycles. The molecule has 0 spiro atoms. The Hall–Kier alpha value is -0.720. The summed E-state index contributed by atoms with van der Waals surface area (Å²) in [5.74, 6) is 1.32. The molecule has 1 fully saturated rings. The standard InChI is InChI=1S/C14H22N2O2S2/c1-11-5-6-14(13(15)8-11)19-10-12-4-3-7-16(9-12)20(2,17)18/h5-6,8,12H,3-4,7,9-10,15H2,1-2H3. The topological polar surface area (TPSA) is 63.4 Å². The Labute approximate surface area is 125 Å². The lowest BCUT2D eigenvalue weighted by Crippen LogP contribution is -2.39. The first-order chi connectivity index (χ1) is 9.36. The third-order valence-electron chi connectivity index (χ3n) is 3.59. The van der Waals surface area contributed by atoms with E-state index in [1.807, 2.05) is 19.1 Å². The number of sulfonamides is 1. The normalized spacial score (nSPS) is 21.0. The Kier molecular flexibility index (Phi) is 4.99. The second-order valence-electron chi connectivity index (χ2n) is 5.48. The van der Waals surface area contributed by atoms with Crippen molar-refractivity contribution in [2.24, 2.45) is 5.92 Å². The molecule has 6 heteroatoms. The van der Waals surface area contributed by atoms with Crippen molar-refractivity contribution in [2.75, 3.05) is 30.8 Å². The zero-order valence-electron chi connectivity index (χ0n) is 12.0. The van der Waals surface area contributed by atoms with Crippen LogP contribution in [0.1, 0.15) is 18.4 Å². The molecule has 0 bridgehead atoms. The van der Waals surface area contributed by atoms with Gasteiger partial charge < -0.3 is 5.73 Å². The second kappa shape index (κ2) is 6.37. The first-order valence-electron chi connectivity index (χ1n) is 6.80. The highest BCUT2D eigenvalue weighted by Gasteiger charge is 2.25. The van der Waals surface area contributed by atoms with Gasteiger partial charge in [0, 0.05) is 29.4 Å². The predicted octanol–water partition coefficient (Wildman–Crippen LogP) is 2.34. The lowest BCUT2D eigenvalue weighted by atomic mass is 10.0. The van der Waals surface area contributed by atoms with E-state index in [4.69, 9.17) is 5.73 Å². The number of hydrogen-bond donors (Lipinski definition) is 1. The molecule has 1 saturated heterocycles. The van der Waals surface area contributed by atoms with Crippen LogP contribution in [0.3, 0.4) is 0 Å². The predicted molar refractivity (Wildman–Crippen MR) is 85.5 cm³/mol. The molecule has 1 atom stereocenters. The highest BCUT2D eigenvalue weighted by atomic mass is 32.2. The third kappa shape index (κ3) is 4.14. The molecule has 0 amide bonds. The maximum Gasteiger partial charge on any atom is 0.211 e. The summed E-state index contributed by atoms with van der Waals surface area (Å²) in [6, 6.07) is 6.08. The maximum atomic E-state index is 11.6. The number of nitrogens with zero attached hydrogens (tertiary/aromatic N) is 1. The summed E-state index contributed by atoms with van der Waals surface area (Å²) < 4.78 is 24.8. The van der Waals surface area contributed by atoms with Crippen LogP contribution in [0, 0.1) is 12.8 Å². The summed E-state index contributed by atoms with van der Waals surface area (Å²) in [7, 11) is -3.06. The lowest BCUT2D eigenvalue weighted by Gasteiger charge is -2.30. The van der Waals surface area contributed by atoms with Crippen LogP contribution >= 0.6 is 11.8 Å². The SMILES string of the molecule is Cc1ccc(SCC2CCCN(S(C)(=O)=O)C2)c(N)c1. The molecule has 4 nitrogen and oxygen atoms in total. The summed E-state index contributed by atoms with van der Waals surface area (Å²) in [4.78, 5) is 1.09. The van der Waals surface area contributed by atoms with Gasteiger partial charge in [-0.3, -0.25) is 0 Å². The molecule has 1 aliphatic heterocycles. The van der Waals surface area contributed by atoms with Gasteiger partial charge in [-0.1, -0.05) is 6.07 Å². The molecule has 20 heavy (non-hydrogen) atoms.